The van der Waals surface area contributed by atoms with Crippen LogP contribution in [0.1, 0.15) is 0 Å². The van der Waals surface area contributed by atoms with E-state index < -0.39 is 0 Å². The highest BCUT2D eigenvalue weighted by atomic mass is 16.3. The Balaban J connectivity index is 1.78. The van der Waals surface area contributed by atoms with Gasteiger partial charge in [-0.25, -0.2) is 9.98 Å². The highest BCUT2D eigenvalue weighted by Crippen LogP contribution is 2.38. The molecule has 140 valence electrons. The van der Waals surface area contributed by atoms with E-state index in [1.54, 1.807) is 0 Å². The summed E-state index contributed by atoms with van der Waals surface area (Å²) in [6.45, 7) is 1.05. The Morgan fingerprint density at radius 1 is 0.607 bits per heavy atom. The molecule has 2 N–H and O–H groups in total. The van der Waals surface area contributed by atoms with Crippen LogP contribution in [0, 0.1) is 0 Å². The van der Waals surface area contributed by atoms with E-state index in [0.717, 1.165) is 44.8 Å². The maximum atomic E-state index is 9.62. The number of rotatable bonds is 4. The molecule has 5 rings (SSSR count). The van der Waals surface area contributed by atoms with Crippen molar-refractivity contribution in [1.82, 2.24) is 0 Å². The van der Waals surface area contributed by atoms with Crippen molar-refractivity contribution < 1.29 is 10.2 Å². The zero-order valence-corrected chi connectivity index (χ0v) is 15.3. The Kier molecular flexibility index (Phi) is 4.07. The van der Waals surface area contributed by atoms with Crippen LogP contribution in [0.15, 0.2) is 70.6 Å². The first-order valence-electron chi connectivity index (χ1n) is 9.36. The van der Waals surface area contributed by atoms with Gasteiger partial charge in [0.25, 0.3) is 0 Å². The molecule has 0 spiro atoms. The normalized spacial score (nSPS) is 13.6. The summed E-state index contributed by atoms with van der Waals surface area (Å²) < 4.78 is 0. The molecule has 0 aromatic heterocycles. The number of para-hydroxylation sites is 4. The number of β-amino-alcohol motifs (C(OH)–C–C–N with tert-alkyl or cyclic N) is 2. The summed E-state index contributed by atoms with van der Waals surface area (Å²) >= 11 is 0. The zero-order valence-electron chi connectivity index (χ0n) is 15.3. The monoisotopic (exact) mass is 372 g/mol. The molecule has 0 amide bonds. The molecule has 2 aliphatic rings. The molecule has 3 aromatic carbocycles. The van der Waals surface area contributed by atoms with Gasteiger partial charge in [-0.1, -0.05) is 24.3 Å². The van der Waals surface area contributed by atoms with Crippen molar-refractivity contribution in [3.63, 3.8) is 0 Å². The van der Waals surface area contributed by atoms with Gasteiger partial charge in [0, 0.05) is 13.1 Å². The third-order valence-electron chi connectivity index (χ3n) is 5.13. The molecule has 0 fully saturated rings. The molecule has 0 saturated carbocycles. The summed E-state index contributed by atoms with van der Waals surface area (Å²) in [4.78, 5) is 13.9. The molecule has 0 radical (unpaired) electrons. The van der Waals surface area contributed by atoms with Crippen molar-refractivity contribution >= 4 is 34.1 Å². The van der Waals surface area contributed by atoms with Crippen LogP contribution in [0.5, 0.6) is 0 Å². The van der Waals surface area contributed by atoms with E-state index in [9.17, 15) is 10.2 Å². The number of benzene rings is 3. The van der Waals surface area contributed by atoms with E-state index >= 15 is 0 Å². The van der Waals surface area contributed by atoms with Crippen molar-refractivity contribution in [3.05, 3.63) is 71.4 Å². The lowest BCUT2D eigenvalue weighted by atomic mass is 10.1. The minimum absolute atomic E-state index is 0.0431. The van der Waals surface area contributed by atoms with Gasteiger partial charge in [-0.05, 0) is 36.4 Å². The minimum atomic E-state index is 0.0431. The van der Waals surface area contributed by atoms with E-state index in [1.165, 1.54) is 0 Å². The fourth-order valence-corrected chi connectivity index (χ4v) is 3.94. The molecule has 0 bridgehead atoms. The molecular weight excluding hydrogens is 352 g/mol. The highest BCUT2D eigenvalue weighted by molar-refractivity contribution is 5.81. The Morgan fingerprint density at radius 2 is 1.04 bits per heavy atom. The standard InChI is InChI=1S/C22H20N4O2/c27-11-9-25-19-7-3-1-5-15(19)23-17-13-22-18(14-21(17)25)24-16-6-2-4-8-20(16)26(22)10-12-28/h1-8,13-14,27-28H,9-12H2. The van der Waals surface area contributed by atoms with Crippen LogP contribution < -0.4 is 20.5 Å². The van der Waals surface area contributed by atoms with Crippen LogP contribution >= 0.6 is 0 Å². The summed E-state index contributed by atoms with van der Waals surface area (Å²) in [5.41, 5.74) is 5.58. The third kappa shape index (κ3) is 2.58. The summed E-state index contributed by atoms with van der Waals surface area (Å²) in [5, 5.41) is 20.9. The van der Waals surface area contributed by atoms with E-state index in [-0.39, 0.29) is 13.2 Å². The van der Waals surface area contributed by atoms with E-state index in [1.807, 2.05) is 60.7 Å². The Morgan fingerprint density at radius 3 is 1.46 bits per heavy atom. The molecule has 0 aliphatic carbocycles. The van der Waals surface area contributed by atoms with E-state index in [0.29, 0.717) is 13.1 Å². The Hall–Kier alpha value is -3.22. The number of hydrogen-bond donors (Lipinski definition) is 2. The van der Waals surface area contributed by atoms with Gasteiger partial charge in [0.2, 0.25) is 0 Å². The van der Waals surface area contributed by atoms with Gasteiger partial charge >= 0.3 is 0 Å². The summed E-state index contributed by atoms with van der Waals surface area (Å²) in [6.07, 6.45) is 0. The first kappa shape index (κ1) is 16.9. The molecular formula is C22H20N4O2. The first-order chi connectivity index (χ1) is 13.8. The van der Waals surface area contributed by atoms with Crippen LogP contribution in [-0.2, 0) is 0 Å². The van der Waals surface area contributed by atoms with Gasteiger partial charge in [0.1, 0.15) is 0 Å². The molecule has 3 aromatic rings. The molecule has 2 heterocycles. The first-order valence-corrected chi connectivity index (χ1v) is 9.36. The van der Waals surface area contributed by atoms with E-state index in [4.69, 9.17) is 9.98 Å². The van der Waals surface area contributed by atoms with Crippen molar-refractivity contribution in [2.45, 2.75) is 0 Å². The second-order valence-corrected chi connectivity index (χ2v) is 6.78. The van der Waals surface area contributed by atoms with Crippen LogP contribution in [0.25, 0.3) is 0 Å². The lowest BCUT2D eigenvalue weighted by Gasteiger charge is -2.32. The zero-order chi connectivity index (χ0) is 19.1. The number of fused-ring (bicyclic) bond motifs is 4. The molecule has 6 heteroatoms. The lowest BCUT2D eigenvalue weighted by molar-refractivity contribution is 0.305. The predicted octanol–water partition coefficient (Wildman–Crippen LogP) is 2.48. The average Bonchev–Trinajstić information content (AvgIpc) is 2.73. The van der Waals surface area contributed by atoms with E-state index in [2.05, 4.69) is 9.80 Å². The molecule has 28 heavy (non-hydrogen) atoms. The molecule has 2 aliphatic heterocycles. The second kappa shape index (κ2) is 6.74. The van der Waals surface area contributed by atoms with Crippen LogP contribution in [-0.4, -0.2) is 36.5 Å². The number of hydrogen-bond acceptors (Lipinski definition) is 6. The molecule has 0 saturated heterocycles. The average molecular weight is 372 g/mol. The third-order valence-corrected chi connectivity index (χ3v) is 5.13. The van der Waals surface area contributed by atoms with Gasteiger partial charge in [-0.2, -0.15) is 0 Å². The molecule has 6 nitrogen and oxygen atoms in total. The Bertz CT molecular complexity index is 1080. The highest BCUT2D eigenvalue weighted by Gasteiger charge is 2.24. The summed E-state index contributed by atoms with van der Waals surface area (Å²) in [6, 6.07) is 19.9. The number of anilines is 4. The SMILES string of the molecule is OCCN1c2ccccc2N=c2cc3c(cc21)=Nc1ccccc1N3CCO. The van der Waals surface area contributed by atoms with Crippen molar-refractivity contribution in [2.75, 3.05) is 36.1 Å². The summed E-state index contributed by atoms with van der Waals surface area (Å²) in [7, 11) is 0. The topological polar surface area (TPSA) is 71.7 Å². The largest absolute Gasteiger partial charge is 0.395 e. The van der Waals surface area contributed by atoms with Gasteiger partial charge in [0.05, 0.1) is 58.1 Å². The number of aliphatic hydroxyl groups excluding tert-OH is 2. The van der Waals surface area contributed by atoms with Gasteiger partial charge in [-0.15, -0.1) is 0 Å². The van der Waals surface area contributed by atoms with Crippen molar-refractivity contribution in [1.29, 1.82) is 0 Å². The fourth-order valence-electron chi connectivity index (χ4n) is 3.94. The van der Waals surface area contributed by atoms with Gasteiger partial charge in [0.15, 0.2) is 0 Å². The second-order valence-electron chi connectivity index (χ2n) is 6.78. The quantitative estimate of drug-likeness (QED) is 0.738. The minimum Gasteiger partial charge on any atom is -0.395 e. The molecule has 0 unspecified atom stereocenters. The van der Waals surface area contributed by atoms with Crippen LogP contribution in [0.4, 0.5) is 34.1 Å². The van der Waals surface area contributed by atoms with Crippen LogP contribution in [0.2, 0.25) is 0 Å². The van der Waals surface area contributed by atoms with Crippen molar-refractivity contribution in [3.8, 4) is 0 Å². The maximum absolute atomic E-state index is 9.62. The van der Waals surface area contributed by atoms with Gasteiger partial charge in [-0.3, -0.25) is 0 Å². The number of nitrogens with zero attached hydrogens (tertiary/aromatic N) is 4. The van der Waals surface area contributed by atoms with Crippen molar-refractivity contribution in [2.24, 2.45) is 9.98 Å². The smallest absolute Gasteiger partial charge is 0.0897 e. The maximum Gasteiger partial charge on any atom is 0.0897 e. The number of aliphatic hydroxyl groups is 2. The Labute approximate surface area is 162 Å². The van der Waals surface area contributed by atoms with Crippen LogP contribution in [0.3, 0.4) is 0 Å². The van der Waals surface area contributed by atoms with Gasteiger partial charge < -0.3 is 20.0 Å². The predicted molar refractivity (Wildman–Crippen MR) is 109 cm³/mol. The fraction of sp³-hybridized carbons (Fsp3) is 0.182. The lowest BCUT2D eigenvalue weighted by Crippen LogP contribution is -2.35. The summed E-state index contributed by atoms with van der Waals surface area (Å²) in [5.74, 6) is 0. The molecule has 0 atom stereocenters.